The maximum atomic E-state index is 9.54. The Hall–Kier alpha value is -2.20. The topological polar surface area (TPSA) is 68.6 Å². The van der Waals surface area contributed by atoms with Crippen molar-refractivity contribution in [1.82, 2.24) is 0 Å². The zero-order valence-electron chi connectivity index (χ0n) is 9.93. The van der Waals surface area contributed by atoms with Crippen molar-refractivity contribution in [2.45, 2.75) is 6.61 Å². The molecule has 0 spiro atoms. The Bertz CT molecular complexity index is 731. The number of phenolic OH excluding ortho intramolecular Hbond substituents is 1. The molecule has 1 aromatic heterocycles. The second-order valence-corrected chi connectivity index (χ2v) is 4.26. The summed E-state index contributed by atoms with van der Waals surface area (Å²) in [5, 5.41) is 11.4. The van der Waals surface area contributed by atoms with Crippen molar-refractivity contribution in [3.63, 3.8) is 0 Å². The number of rotatable bonds is 2. The second-order valence-electron chi connectivity index (χ2n) is 4.26. The number of aromatic hydroxyl groups is 1. The maximum absolute atomic E-state index is 9.54. The van der Waals surface area contributed by atoms with Crippen molar-refractivity contribution in [2.24, 2.45) is 0 Å². The largest absolute Gasteiger partial charge is 0.508 e. The molecular weight excluding hydrogens is 230 g/mol. The van der Waals surface area contributed by atoms with Gasteiger partial charge in [0.1, 0.15) is 16.9 Å². The fourth-order valence-electron chi connectivity index (χ4n) is 2.15. The smallest absolute Gasteiger partial charge is 0.137 e. The molecule has 0 unspecified atom stereocenters. The van der Waals surface area contributed by atoms with Crippen molar-refractivity contribution in [2.75, 3.05) is 12.8 Å². The highest BCUT2D eigenvalue weighted by atomic mass is 16.5. The van der Waals surface area contributed by atoms with Crippen LogP contribution in [0.4, 0.5) is 5.69 Å². The number of phenols is 1. The SMILES string of the molecule is COCc1cc2c(cc1N)oc1ccc(O)cc12. The van der Waals surface area contributed by atoms with Crippen LogP contribution in [-0.2, 0) is 11.3 Å². The fraction of sp³-hybridized carbons (Fsp3) is 0.143. The standard InChI is InChI=1S/C14H13NO3/c1-17-7-8-4-10-11-5-9(16)2-3-13(11)18-14(10)6-12(8)15/h2-6,16H,7,15H2,1H3. The van der Waals surface area contributed by atoms with Crippen LogP contribution in [0.3, 0.4) is 0 Å². The Kier molecular flexibility index (Phi) is 2.38. The van der Waals surface area contributed by atoms with E-state index in [-0.39, 0.29) is 5.75 Å². The van der Waals surface area contributed by atoms with E-state index >= 15 is 0 Å². The third-order valence-electron chi connectivity index (χ3n) is 3.01. The van der Waals surface area contributed by atoms with Gasteiger partial charge in [-0.05, 0) is 24.3 Å². The average Bonchev–Trinajstić information content (AvgIpc) is 2.67. The number of nitrogen functional groups attached to an aromatic ring is 1. The molecule has 1 heterocycles. The molecule has 0 fully saturated rings. The van der Waals surface area contributed by atoms with Crippen LogP contribution in [0.5, 0.6) is 5.75 Å². The van der Waals surface area contributed by atoms with E-state index in [4.69, 9.17) is 14.9 Å². The van der Waals surface area contributed by atoms with E-state index in [1.807, 2.05) is 6.07 Å². The van der Waals surface area contributed by atoms with E-state index in [1.165, 1.54) is 0 Å². The Balaban J connectivity index is 2.35. The minimum Gasteiger partial charge on any atom is -0.508 e. The van der Waals surface area contributed by atoms with Crippen LogP contribution in [0.1, 0.15) is 5.56 Å². The monoisotopic (exact) mass is 243 g/mol. The highest BCUT2D eigenvalue weighted by Crippen LogP contribution is 2.33. The van der Waals surface area contributed by atoms with Gasteiger partial charge in [-0.2, -0.15) is 0 Å². The molecule has 3 N–H and O–H groups in total. The molecule has 4 heteroatoms. The summed E-state index contributed by atoms with van der Waals surface area (Å²) in [5.41, 5.74) is 8.94. The maximum Gasteiger partial charge on any atom is 0.137 e. The normalized spacial score (nSPS) is 11.4. The first-order chi connectivity index (χ1) is 8.69. The number of hydrogen-bond acceptors (Lipinski definition) is 4. The Morgan fingerprint density at radius 3 is 2.72 bits per heavy atom. The van der Waals surface area contributed by atoms with Gasteiger partial charge in [0.05, 0.1) is 6.61 Å². The second kappa shape index (κ2) is 3.92. The zero-order chi connectivity index (χ0) is 12.7. The third kappa shape index (κ3) is 1.58. The van der Waals surface area contributed by atoms with Crippen LogP contribution in [0, 0.1) is 0 Å². The van der Waals surface area contributed by atoms with Crippen LogP contribution in [-0.4, -0.2) is 12.2 Å². The van der Waals surface area contributed by atoms with E-state index in [0.29, 0.717) is 17.9 Å². The minimum atomic E-state index is 0.218. The molecule has 4 nitrogen and oxygen atoms in total. The predicted octanol–water partition coefficient (Wildman–Crippen LogP) is 3.02. The summed E-state index contributed by atoms with van der Waals surface area (Å²) in [6, 6.07) is 8.77. The molecule has 0 aliphatic rings. The number of fused-ring (bicyclic) bond motifs is 3. The quantitative estimate of drug-likeness (QED) is 0.679. The molecule has 18 heavy (non-hydrogen) atoms. The van der Waals surface area contributed by atoms with Gasteiger partial charge in [0.25, 0.3) is 0 Å². The number of ether oxygens (including phenoxy) is 1. The van der Waals surface area contributed by atoms with Gasteiger partial charge in [0.15, 0.2) is 0 Å². The molecule has 0 bridgehead atoms. The molecule has 3 rings (SSSR count). The molecule has 0 aliphatic heterocycles. The number of anilines is 1. The van der Waals surface area contributed by atoms with Gasteiger partial charge in [-0.1, -0.05) is 0 Å². The van der Waals surface area contributed by atoms with Crippen LogP contribution in [0.15, 0.2) is 34.7 Å². The van der Waals surface area contributed by atoms with Crippen LogP contribution in [0.25, 0.3) is 21.9 Å². The number of benzene rings is 2. The highest BCUT2D eigenvalue weighted by Gasteiger charge is 2.10. The number of methoxy groups -OCH3 is 1. The molecule has 3 aromatic rings. The molecular formula is C14H13NO3. The lowest BCUT2D eigenvalue weighted by Crippen LogP contribution is -1.95. The van der Waals surface area contributed by atoms with Crippen molar-refractivity contribution in [3.05, 3.63) is 35.9 Å². The van der Waals surface area contributed by atoms with Crippen molar-refractivity contribution < 1.29 is 14.3 Å². The zero-order valence-corrected chi connectivity index (χ0v) is 9.93. The minimum absolute atomic E-state index is 0.218. The lowest BCUT2D eigenvalue weighted by Gasteiger charge is -2.04. The van der Waals surface area contributed by atoms with Gasteiger partial charge in [-0.3, -0.25) is 0 Å². The van der Waals surface area contributed by atoms with Crippen molar-refractivity contribution >= 4 is 27.6 Å². The summed E-state index contributed by atoms with van der Waals surface area (Å²) in [7, 11) is 1.63. The van der Waals surface area contributed by atoms with Gasteiger partial charge in [0, 0.05) is 35.2 Å². The molecule has 2 aromatic carbocycles. The summed E-state index contributed by atoms with van der Waals surface area (Å²) in [4.78, 5) is 0. The van der Waals surface area contributed by atoms with E-state index in [0.717, 1.165) is 21.9 Å². The van der Waals surface area contributed by atoms with Crippen molar-refractivity contribution in [1.29, 1.82) is 0 Å². The lowest BCUT2D eigenvalue weighted by molar-refractivity contribution is 0.185. The summed E-state index contributed by atoms with van der Waals surface area (Å²) >= 11 is 0. The van der Waals surface area contributed by atoms with Gasteiger partial charge in [-0.25, -0.2) is 0 Å². The van der Waals surface area contributed by atoms with Gasteiger partial charge < -0.3 is 20.0 Å². The molecule has 0 amide bonds. The van der Waals surface area contributed by atoms with Gasteiger partial charge in [0.2, 0.25) is 0 Å². The Labute approximate surface area is 104 Å². The van der Waals surface area contributed by atoms with E-state index < -0.39 is 0 Å². The highest BCUT2D eigenvalue weighted by molar-refractivity contribution is 6.06. The predicted molar refractivity (Wildman–Crippen MR) is 70.5 cm³/mol. The first-order valence-corrected chi connectivity index (χ1v) is 5.61. The number of nitrogens with two attached hydrogens (primary N) is 1. The lowest BCUT2D eigenvalue weighted by atomic mass is 10.1. The Morgan fingerprint density at radius 1 is 1.17 bits per heavy atom. The molecule has 0 atom stereocenters. The molecule has 0 radical (unpaired) electrons. The van der Waals surface area contributed by atoms with Crippen LogP contribution >= 0.6 is 0 Å². The van der Waals surface area contributed by atoms with E-state index in [9.17, 15) is 5.11 Å². The van der Waals surface area contributed by atoms with Crippen LogP contribution < -0.4 is 5.73 Å². The van der Waals surface area contributed by atoms with Crippen LogP contribution in [0.2, 0.25) is 0 Å². The molecule has 0 aliphatic carbocycles. The van der Waals surface area contributed by atoms with E-state index in [2.05, 4.69) is 0 Å². The van der Waals surface area contributed by atoms with Crippen molar-refractivity contribution in [3.8, 4) is 5.75 Å². The molecule has 92 valence electrons. The summed E-state index contributed by atoms with van der Waals surface area (Å²) in [6.07, 6.45) is 0. The summed E-state index contributed by atoms with van der Waals surface area (Å²) in [5.74, 6) is 0.218. The first-order valence-electron chi connectivity index (χ1n) is 5.61. The third-order valence-corrected chi connectivity index (χ3v) is 3.01. The fourth-order valence-corrected chi connectivity index (χ4v) is 2.15. The van der Waals surface area contributed by atoms with E-state index in [1.54, 1.807) is 31.4 Å². The summed E-state index contributed by atoms with van der Waals surface area (Å²) < 4.78 is 10.8. The Morgan fingerprint density at radius 2 is 1.94 bits per heavy atom. The molecule has 0 saturated heterocycles. The first kappa shape index (κ1) is 10.9. The van der Waals surface area contributed by atoms with Gasteiger partial charge >= 0.3 is 0 Å². The molecule has 0 saturated carbocycles. The summed E-state index contributed by atoms with van der Waals surface area (Å²) in [6.45, 7) is 0.452. The van der Waals surface area contributed by atoms with Gasteiger partial charge in [-0.15, -0.1) is 0 Å². The number of hydrogen-bond donors (Lipinski definition) is 2. The number of furan rings is 1. The average molecular weight is 243 g/mol.